The standard InChI is InChI=1S/C19H28N4O2/c1-19(2,3)16-6-4-15(5-7-16)18-22-21-17(25-18)14-20-8-9-23-10-12-24-13-11-23/h4-7,20H,8-14H2,1-3H3. The highest BCUT2D eigenvalue weighted by atomic mass is 16.5. The molecule has 136 valence electrons. The molecule has 1 fully saturated rings. The summed E-state index contributed by atoms with van der Waals surface area (Å²) in [6.45, 7) is 12.8. The van der Waals surface area contributed by atoms with E-state index in [4.69, 9.17) is 9.15 Å². The second kappa shape index (κ2) is 8.08. The van der Waals surface area contributed by atoms with Crippen LogP contribution in [0, 0.1) is 0 Å². The van der Waals surface area contributed by atoms with Gasteiger partial charge in [0.25, 0.3) is 0 Å². The van der Waals surface area contributed by atoms with Crippen molar-refractivity contribution in [1.29, 1.82) is 0 Å². The SMILES string of the molecule is CC(C)(C)c1ccc(-c2nnc(CNCCN3CCOCC3)o2)cc1. The molecule has 6 nitrogen and oxygen atoms in total. The summed E-state index contributed by atoms with van der Waals surface area (Å²) in [4.78, 5) is 2.40. The zero-order valence-electron chi connectivity index (χ0n) is 15.4. The molecule has 1 aromatic carbocycles. The maximum absolute atomic E-state index is 5.77. The van der Waals surface area contributed by atoms with Crippen molar-refractivity contribution in [3.05, 3.63) is 35.7 Å². The van der Waals surface area contributed by atoms with E-state index in [1.807, 2.05) is 12.1 Å². The lowest BCUT2D eigenvalue weighted by Crippen LogP contribution is -2.40. The van der Waals surface area contributed by atoms with Crippen LogP contribution in [0.1, 0.15) is 32.2 Å². The zero-order chi connectivity index (χ0) is 17.7. The molecule has 0 atom stereocenters. The monoisotopic (exact) mass is 344 g/mol. The van der Waals surface area contributed by atoms with Gasteiger partial charge in [0.2, 0.25) is 11.8 Å². The van der Waals surface area contributed by atoms with Gasteiger partial charge in [-0.15, -0.1) is 10.2 Å². The first-order valence-electron chi connectivity index (χ1n) is 8.96. The molecular weight excluding hydrogens is 316 g/mol. The van der Waals surface area contributed by atoms with E-state index in [0.29, 0.717) is 18.3 Å². The Hall–Kier alpha value is -1.76. The molecule has 0 spiro atoms. The van der Waals surface area contributed by atoms with Crippen LogP contribution in [0.25, 0.3) is 11.5 Å². The first kappa shape index (κ1) is 18.0. The predicted octanol–water partition coefficient (Wildman–Crippen LogP) is 2.46. The zero-order valence-corrected chi connectivity index (χ0v) is 15.4. The number of nitrogens with one attached hydrogen (secondary N) is 1. The van der Waals surface area contributed by atoms with E-state index in [1.165, 1.54) is 5.56 Å². The Morgan fingerprint density at radius 2 is 1.80 bits per heavy atom. The highest BCUT2D eigenvalue weighted by Crippen LogP contribution is 2.25. The van der Waals surface area contributed by atoms with Crippen LogP contribution < -0.4 is 5.32 Å². The molecule has 1 aliphatic heterocycles. The molecule has 6 heteroatoms. The van der Waals surface area contributed by atoms with Gasteiger partial charge in [0.05, 0.1) is 19.8 Å². The number of rotatable bonds is 6. The average Bonchev–Trinajstić information content (AvgIpc) is 3.08. The van der Waals surface area contributed by atoms with Crippen LogP contribution in [-0.4, -0.2) is 54.5 Å². The summed E-state index contributed by atoms with van der Waals surface area (Å²) < 4.78 is 11.1. The molecule has 3 rings (SSSR count). The molecule has 0 unspecified atom stereocenters. The highest BCUT2D eigenvalue weighted by molar-refractivity contribution is 5.53. The molecule has 2 heterocycles. The lowest BCUT2D eigenvalue weighted by Gasteiger charge is -2.26. The third-order valence-corrected chi connectivity index (χ3v) is 4.45. The summed E-state index contributed by atoms with van der Waals surface area (Å²) in [5, 5.41) is 11.7. The summed E-state index contributed by atoms with van der Waals surface area (Å²) in [7, 11) is 0. The van der Waals surface area contributed by atoms with Crippen molar-refractivity contribution < 1.29 is 9.15 Å². The molecule has 1 N–H and O–H groups in total. The van der Waals surface area contributed by atoms with Crippen molar-refractivity contribution in [1.82, 2.24) is 20.4 Å². The number of hydrogen-bond donors (Lipinski definition) is 1. The van der Waals surface area contributed by atoms with Gasteiger partial charge in [-0.1, -0.05) is 32.9 Å². The van der Waals surface area contributed by atoms with E-state index in [-0.39, 0.29) is 5.41 Å². The highest BCUT2D eigenvalue weighted by Gasteiger charge is 2.15. The van der Waals surface area contributed by atoms with Crippen molar-refractivity contribution in [2.75, 3.05) is 39.4 Å². The smallest absolute Gasteiger partial charge is 0.247 e. The van der Waals surface area contributed by atoms with E-state index in [9.17, 15) is 0 Å². The molecule has 0 bridgehead atoms. The van der Waals surface area contributed by atoms with Crippen LogP contribution in [0.4, 0.5) is 0 Å². The van der Waals surface area contributed by atoms with Crippen LogP contribution in [0.2, 0.25) is 0 Å². The van der Waals surface area contributed by atoms with Gasteiger partial charge in [-0.25, -0.2) is 0 Å². The summed E-state index contributed by atoms with van der Waals surface area (Å²) in [5.41, 5.74) is 2.39. The maximum atomic E-state index is 5.77. The summed E-state index contributed by atoms with van der Waals surface area (Å²) in [6, 6.07) is 8.34. The maximum Gasteiger partial charge on any atom is 0.247 e. The fraction of sp³-hybridized carbons (Fsp3) is 0.579. The molecule has 1 aliphatic rings. The molecule has 1 aromatic heterocycles. The van der Waals surface area contributed by atoms with Gasteiger partial charge in [0.1, 0.15) is 0 Å². The third kappa shape index (κ3) is 5.11. The molecule has 0 radical (unpaired) electrons. The number of benzene rings is 1. The minimum atomic E-state index is 0.142. The summed E-state index contributed by atoms with van der Waals surface area (Å²) in [6.07, 6.45) is 0. The topological polar surface area (TPSA) is 63.4 Å². The predicted molar refractivity (Wildman–Crippen MR) is 97.4 cm³/mol. The molecule has 0 aliphatic carbocycles. The Bertz CT molecular complexity index is 655. The molecule has 25 heavy (non-hydrogen) atoms. The fourth-order valence-electron chi connectivity index (χ4n) is 2.81. The molecule has 2 aromatic rings. The van der Waals surface area contributed by atoms with Crippen LogP contribution in [-0.2, 0) is 16.7 Å². The van der Waals surface area contributed by atoms with E-state index >= 15 is 0 Å². The number of morpholine rings is 1. The van der Waals surface area contributed by atoms with Crippen LogP contribution >= 0.6 is 0 Å². The van der Waals surface area contributed by atoms with Gasteiger partial charge < -0.3 is 14.5 Å². The van der Waals surface area contributed by atoms with Gasteiger partial charge >= 0.3 is 0 Å². The van der Waals surface area contributed by atoms with Gasteiger partial charge in [-0.3, -0.25) is 4.90 Å². The Labute approximate surface area is 149 Å². The molecule has 0 amide bonds. The number of nitrogens with zero attached hydrogens (tertiary/aromatic N) is 3. The van der Waals surface area contributed by atoms with Gasteiger partial charge in [-0.2, -0.15) is 0 Å². The molecular formula is C19H28N4O2. The van der Waals surface area contributed by atoms with Crippen molar-refractivity contribution in [2.45, 2.75) is 32.7 Å². The van der Waals surface area contributed by atoms with E-state index < -0.39 is 0 Å². The van der Waals surface area contributed by atoms with E-state index in [1.54, 1.807) is 0 Å². The second-order valence-electron chi connectivity index (χ2n) is 7.46. The van der Waals surface area contributed by atoms with Crippen LogP contribution in [0.5, 0.6) is 0 Å². The Morgan fingerprint density at radius 1 is 1.08 bits per heavy atom. The molecule has 1 saturated heterocycles. The van der Waals surface area contributed by atoms with Gasteiger partial charge in [0, 0.05) is 31.7 Å². The Kier molecular flexibility index (Phi) is 5.83. The lowest BCUT2D eigenvalue weighted by atomic mass is 9.87. The number of ether oxygens (including phenoxy) is 1. The van der Waals surface area contributed by atoms with E-state index in [0.717, 1.165) is 45.0 Å². The number of aromatic nitrogens is 2. The first-order chi connectivity index (χ1) is 12.0. The number of hydrogen-bond acceptors (Lipinski definition) is 6. The van der Waals surface area contributed by atoms with Gasteiger partial charge in [-0.05, 0) is 23.1 Å². The van der Waals surface area contributed by atoms with Gasteiger partial charge in [0.15, 0.2) is 0 Å². The normalized spacial score (nSPS) is 16.3. The second-order valence-corrected chi connectivity index (χ2v) is 7.46. The fourth-order valence-corrected chi connectivity index (χ4v) is 2.81. The Morgan fingerprint density at radius 3 is 2.48 bits per heavy atom. The van der Waals surface area contributed by atoms with Crippen molar-refractivity contribution >= 4 is 0 Å². The summed E-state index contributed by atoms with van der Waals surface area (Å²) in [5.74, 6) is 1.20. The van der Waals surface area contributed by atoms with Crippen LogP contribution in [0.15, 0.2) is 28.7 Å². The quantitative estimate of drug-likeness (QED) is 0.812. The van der Waals surface area contributed by atoms with Crippen molar-refractivity contribution in [3.8, 4) is 11.5 Å². The first-order valence-corrected chi connectivity index (χ1v) is 8.96. The summed E-state index contributed by atoms with van der Waals surface area (Å²) >= 11 is 0. The average molecular weight is 344 g/mol. The Balaban J connectivity index is 1.48. The largest absolute Gasteiger partial charge is 0.419 e. The molecule has 0 saturated carbocycles. The van der Waals surface area contributed by atoms with Crippen molar-refractivity contribution in [2.24, 2.45) is 0 Å². The minimum Gasteiger partial charge on any atom is -0.419 e. The van der Waals surface area contributed by atoms with Crippen molar-refractivity contribution in [3.63, 3.8) is 0 Å². The minimum absolute atomic E-state index is 0.142. The lowest BCUT2D eigenvalue weighted by molar-refractivity contribution is 0.0383. The van der Waals surface area contributed by atoms with E-state index in [2.05, 4.69) is 53.3 Å². The van der Waals surface area contributed by atoms with Crippen LogP contribution in [0.3, 0.4) is 0 Å². The third-order valence-electron chi connectivity index (χ3n) is 4.45.